The van der Waals surface area contributed by atoms with Crippen LogP contribution >= 0.6 is 0 Å². The Morgan fingerprint density at radius 3 is 1.97 bits per heavy atom. The molecule has 2 saturated heterocycles. The molecule has 2 unspecified atom stereocenters. The first-order valence-electron chi connectivity index (χ1n) is 27.2. The van der Waals surface area contributed by atoms with Gasteiger partial charge in [0.15, 0.2) is 0 Å². The molecule has 4 aliphatic rings. The predicted octanol–water partition coefficient (Wildman–Crippen LogP) is 11.0. The molecule has 4 aromatic carbocycles. The average Bonchev–Trinajstić information content (AvgIpc) is 4.20. The van der Waals surface area contributed by atoms with Gasteiger partial charge in [-0.1, -0.05) is 67.8 Å². The molecule has 76 heavy (non-hydrogen) atoms. The van der Waals surface area contributed by atoms with Crippen LogP contribution in [0.2, 0.25) is 0 Å². The first-order chi connectivity index (χ1) is 37.1. The van der Waals surface area contributed by atoms with Crippen molar-refractivity contribution in [3.63, 3.8) is 0 Å². The van der Waals surface area contributed by atoms with Gasteiger partial charge >= 0.3 is 0 Å². The van der Waals surface area contributed by atoms with E-state index in [-0.39, 0.29) is 11.8 Å². The summed E-state index contributed by atoms with van der Waals surface area (Å²) in [5, 5.41) is 2.17. The molecule has 8 aromatic rings. The number of likely N-dealkylation sites (N-methyl/N-ethyl adjacent to an activating group) is 1. The number of aromatic nitrogens is 4. The van der Waals surface area contributed by atoms with Crippen LogP contribution in [0.5, 0.6) is 5.75 Å². The molecule has 0 saturated carbocycles. The van der Waals surface area contributed by atoms with Crippen LogP contribution in [0, 0.1) is 25.7 Å². The molecule has 2 fully saturated rings. The number of benzene rings is 4. The standard InChI is InChI=1S/C64H67N9O3/c1-6-55(74)72-25-10-14-44-16-18-46(36-53(44)72)60-58-42(4)21-24-66-64(58)68-62(60)49-13-9-15-52(35-49)76-32-31-70-26-22-50(39-70)51-34-45-17-19-47(37-54(45)73(40-51)56(75)7-2)59-57-41(3)20-23-65-63(57)67-61(59)48-12-8-11-43(33-48)38-71-29-27-69(5)28-30-71/h6-9,11-13,15-21,23-24,33,35-37,50-51H,1-2,10,14,22,25-32,34,38-40H2,3-5H3,(H,65,67)(H,66,68). The number of hydrogen-bond acceptors (Lipinski definition) is 8. The summed E-state index contributed by atoms with van der Waals surface area (Å²) in [6.45, 7) is 21.9. The third-order valence-corrected chi connectivity index (χ3v) is 16.7. The monoisotopic (exact) mass is 1010 g/mol. The van der Waals surface area contributed by atoms with E-state index in [9.17, 15) is 9.59 Å². The minimum Gasteiger partial charge on any atom is -0.492 e. The maximum atomic E-state index is 13.9. The normalized spacial score (nSPS) is 18.2. The number of ether oxygens (including phenoxy) is 1. The van der Waals surface area contributed by atoms with Gasteiger partial charge in [0.25, 0.3) is 0 Å². The number of amides is 2. The zero-order valence-electron chi connectivity index (χ0n) is 44.1. The number of aryl methyl sites for hydroxylation is 3. The highest BCUT2D eigenvalue weighted by Crippen LogP contribution is 2.45. The number of anilines is 2. The summed E-state index contributed by atoms with van der Waals surface area (Å²) in [4.78, 5) is 55.1. The van der Waals surface area contributed by atoms with Crippen LogP contribution in [0.1, 0.15) is 40.7 Å². The van der Waals surface area contributed by atoms with E-state index in [4.69, 9.17) is 14.7 Å². The van der Waals surface area contributed by atoms with E-state index in [1.54, 1.807) is 0 Å². The van der Waals surface area contributed by atoms with E-state index in [2.05, 4.69) is 144 Å². The largest absolute Gasteiger partial charge is 0.492 e. The number of carbonyl (C=O) groups is 2. The van der Waals surface area contributed by atoms with Crippen molar-refractivity contribution in [1.82, 2.24) is 34.6 Å². The number of pyridine rings is 2. The van der Waals surface area contributed by atoms with Gasteiger partial charge in [0.2, 0.25) is 11.8 Å². The molecule has 2 atom stereocenters. The van der Waals surface area contributed by atoms with E-state index in [0.717, 1.165) is 173 Å². The van der Waals surface area contributed by atoms with E-state index >= 15 is 0 Å². The minimum absolute atomic E-state index is 0.0671. The minimum atomic E-state index is -0.0794. The molecule has 4 aromatic heterocycles. The van der Waals surface area contributed by atoms with Gasteiger partial charge < -0.3 is 29.4 Å². The molecule has 12 heteroatoms. The van der Waals surface area contributed by atoms with Crippen molar-refractivity contribution in [3.05, 3.63) is 163 Å². The Labute approximate surface area is 445 Å². The van der Waals surface area contributed by atoms with Gasteiger partial charge in [0, 0.05) is 110 Å². The highest BCUT2D eigenvalue weighted by atomic mass is 16.5. The summed E-state index contributed by atoms with van der Waals surface area (Å²) in [6.07, 6.45) is 10.4. The number of rotatable bonds is 13. The second-order valence-corrected chi connectivity index (χ2v) is 21.6. The van der Waals surface area contributed by atoms with Crippen LogP contribution in [0.3, 0.4) is 0 Å². The molecule has 0 radical (unpaired) electrons. The number of likely N-dealkylation sites (tertiary alicyclic amines) is 1. The molecule has 0 bridgehead atoms. The highest BCUT2D eigenvalue weighted by molar-refractivity contribution is 6.08. The fraction of sp³-hybridized carbons (Fsp3) is 0.312. The lowest BCUT2D eigenvalue weighted by Gasteiger charge is -2.37. The van der Waals surface area contributed by atoms with Gasteiger partial charge in [-0.2, -0.15) is 0 Å². The fourth-order valence-electron chi connectivity index (χ4n) is 12.7. The summed E-state index contributed by atoms with van der Waals surface area (Å²) in [5.74, 6) is 1.41. The fourth-order valence-corrected chi connectivity index (χ4v) is 12.7. The van der Waals surface area contributed by atoms with Gasteiger partial charge in [0.1, 0.15) is 23.7 Å². The van der Waals surface area contributed by atoms with Crippen molar-refractivity contribution in [2.45, 2.75) is 46.1 Å². The second kappa shape index (κ2) is 20.8. The Bertz CT molecular complexity index is 3550. The summed E-state index contributed by atoms with van der Waals surface area (Å²) < 4.78 is 6.55. The number of nitrogens with zero attached hydrogens (tertiary/aromatic N) is 7. The number of hydrogen-bond donors (Lipinski definition) is 2. The number of aromatic amines is 2. The number of H-pyrrole nitrogens is 2. The third-order valence-electron chi connectivity index (χ3n) is 16.7. The number of nitrogens with one attached hydrogen (secondary N) is 2. The predicted molar refractivity (Wildman–Crippen MR) is 307 cm³/mol. The van der Waals surface area contributed by atoms with Gasteiger partial charge in [-0.3, -0.25) is 19.4 Å². The quantitative estimate of drug-likeness (QED) is 0.110. The van der Waals surface area contributed by atoms with Crippen molar-refractivity contribution in [1.29, 1.82) is 0 Å². The average molecular weight is 1010 g/mol. The molecular formula is C64H67N9O3. The molecular weight excluding hydrogens is 943 g/mol. The molecule has 4 aliphatic heterocycles. The van der Waals surface area contributed by atoms with Crippen LogP contribution in [-0.2, 0) is 29.0 Å². The van der Waals surface area contributed by atoms with E-state index in [1.807, 2.05) is 34.3 Å². The van der Waals surface area contributed by atoms with Crippen LogP contribution in [0.4, 0.5) is 11.4 Å². The first kappa shape index (κ1) is 49.2. The van der Waals surface area contributed by atoms with Gasteiger partial charge in [-0.25, -0.2) is 9.97 Å². The maximum absolute atomic E-state index is 13.9. The lowest BCUT2D eigenvalue weighted by atomic mass is 9.81. The lowest BCUT2D eigenvalue weighted by molar-refractivity contribution is -0.115. The summed E-state index contributed by atoms with van der Waals surface area (Å²) >= 11 is 0. The number of carbonyl (C=O) groups excluding carboxylic acids is 2. The molecule has 2 N–H and O–H groups in total. The van der Waals surface area contributed by atoms with Gasteiger partial charge in [-0.15, -0.1) is 0 Å². The highest BCUT2D eigenvalue weighted by Gasteiger charge is 2.36. The van der Waals surface area contributed by atoms with Gasteiger partial charge in [0.05, 0.1) is 11.4 Å². The van der Waals surface area contributed by atoms with Crippen molar-refractivity contribution >= 4 is 45.3 Å². The molecule has 0 spiro atoms. The van der Waals surface area contributed by atoms with E-state index in [1.165, 1.54) is 28.8 Å². The summed E-state index contributed by atoms with van der Waals surface area (Å²) in [5.41, 5.74) is 17.9. The Morgan fingerprint density at radius 2 is 1.29 bits per heavy atom. The Balaban J connectivity index is 0.750. The molecule has 12 nitrogen and oxygen atoms in total. The third kappa shape index (κ3) is 9.43. The Morgan fingerprint density at radius 1 is 0.658 bits per heavy atom. The lowest BCUT2D eigenvalue weighted by Crippen LogP contribution is -2.43. The van der Waals surface area contributed by atoms with E-state index < -0.39 is 0 Å². The molecule has 2 amide bonds. The molecule has 386 valence electrons. The smallest absolute Gasteiger partial charge is 0.250 e. The first-order valence-corrected chi connectivity index (χ1v) is 27.2. The van der Waals surface area contributed by atoms with E-state index in [0.29, 0.717) is 31.5 Å². The van der Waals surface area contributed by atoms with Crippen molar-refractivity contribution < 1.29 is 14.3 Å². The topological polar surface area (TPSA) is 117 Å². The van der Waals surface area contributed by atoms with Crippen LogP contribution in [-0.4, -0.2) is 119 Å². The number of fused-ring (bicyclic) bond motifs is 4. The van der Waals surface area contributed by atoms with Gasteiger partial charge in [-0.05, 0) is 164 Å². The van der Waals surface area contributed by atoms with Crippen LogP contribution in [0.15, 0.2) is 135 Å². The second-order valence-electron chi connectivity index (χ2n) is 21.6. The zero-order chi connectivity index (χ0) is 52.0. The molecule has 12 rings (SSSR count). The zero-order valence-corrected chi connectivity index (χ0v) is 44.1. The van der Waals surface area contributed by atoms with Crippen molar-refractivity contribution in [2.24, 2.45) is 11.8 Å². The van der Waals surface area contributed by atoms with Crippen LogP contribution in [0.25, 0.3) is 66.8 Å². The van der Waals surface area contributed by atoms with Crippen LogP contribution < -0.4 is 14.5 Å². The molecule has 8 heterocycles. The Hall–Kier alpha value is -7.64. The Kier molecular flexibility index (Phi) is 13.5. The number of piperazine rings is 1. The molecule has 0 aliphatic carbocycles. The van der Waals surface area contributed by atoms with Crippen molar-refractivity contribution in [3.8, 4) is 50.5 Å². The summed E-state index contributed by atoms with van der Waals surface area (Å²) in [7, 11) is 2.20. The van der Waals surface area contributed by atoms with Crippen molar-refractivity contribution in [2.75, 3.05) is 82.4 Å². The maximum Gasteiger partial charge on any atom is 0.250 e. The SMILES string of the molecule is C=CC(=O)N1CCCc2ccc(-c3c(-c4cccc(OCCN5CCC(C6Cc7ccc(-c8c(-c9cccc(CN%10CCN(C)CC%10)c9)[nH]c9nccc(C)c89)cc7N(C(=O)C=C)C6)C5)c4)[nH]c4nccc(C)c34)cc21. The summed E-state index contributed by atoms with van der Waals surface area (Å²) in [6, 6.07) is 34.6.